The Labute approximate surface area is 134 Å². The molecule has 7 heteroatoms. The highest BCUT2D eigenvalue weighted by Gasteiger charge is 2.12. The van der Waals surface area contributed by atoms with Gasteiger partial charge in [-0.1, -0.05) is 24.3 Å². The van der Waals surface area contributed by atoms with E-state index in [2.05, 4.69) is 9.71 Å². The number of ether oxygens (including phenoxy) is 1. The minimum atomic E-state index is -3.45. The number of hydrogen-bond acceptors (Lipinski definition) is 4. The molecule has 0 atom stereocenters. The minimum absolute atomic E-state index is 0.268. The molecule has 0 radical (unpaired) electrons. The Morgan fingerprint density at radius 2 is 1.91 bits per heavy atom. The van der Waals surface area contributed by atoms with Crippen molar-refractivity contribution >= 4 is 15.7 Å². The maximum atomic E-state index is 12.0. The molecule has 120 valence electrons. The van der Waals surface area contributed by atoms with Gasteiger partial charge in [-0.25, -0.2) is 18.1 Å². The maximum absolute atomic E-state index is 12.0. The van der Waals surface area contributed by atoms with E-state index in [0.29, 0.717) is 25.5 Å². The van der Waals surface area contributed by atoms with E-state index in [1.54, 1.807) is 36.5 Å². The summed E-state index contributed by atoms with van der Waals surface area (Å²) in [6.07, 6.45) is 4.09. The van der Waals surface area contributed by atoms with Crippen LogP contribution < -0.4 is 9.46 Å². The van der Waals surface area contributed by atoms with Crippen LogP contribution in [-0.2, 0) is 10.0 Å². The number of imidazole rings is 1. The molecule has 0 fully saturated rings. The number of benzene rings is 1. The molecule has 6 nitrogen and oxygen atoms in total. The molecule has 3 aromatic rings. The van der Waals surface area contributed by atoms with Crippen LogP contribution in [0, 0.1) is 0 Å². The molecular formula is C16H17N3O3S. The number of hydrogen-bond donors (Lipinski definition) is 1. The molecule has 2 aromatic heterocycles. The topological polar surface area (TPSA) is 72.7 Å². The van der Waals surface area contributed by atoms with Crippen LogP contribution in [0.15, 0.2) is 65.8 Å². The molecule has 2 heterocycles. The molecule has 0 aliphatic carbocycles. The van der Waals surface area contributed by atoms with Crippen molar-refractivity contribution in [2.45, 2.75) is 11.3 Å². The number of fused-ring (bicyclic) bond motifs is 1. The summed E-state index contributed by atoms with van der Waals surface area (Å²) < 4.78 is 34.2. The first kappa shape index (κ1) is 15.5. The molecule has 1 aromatic carbocycles. The summed E-state index contributed by atoms with van der Waals surface area (Å²) in [4.78, 5) is 4.45. The van der Waals surface area contributed by atoms with Gasteiger partial charge in [-0.3, -0.25) is 4.40 Å². The fourth-order valence-electron chi connectivity index (χ4n) is 2.18. The van der Waals surface area contributed by atoms with E-state index in [4.69, 9.17) is 4.74 Å². The Kier molecular flexibility index (Phi) is 4.59. The lowest BCUT2D eigenvalue weighted by molar-refractivity contribution is 0.296. The Balaban J connectivity index is 1.50. The van der Waals surface area contributed by atoms with Crippen LogP contribution in [-0.4, -0.2) is 31.0 Å². The second-order valence-electron chi connectivity index (χ2n) is 4.93. The van der Waals surface area contributed by atoms with Gasteiger partial charge >= 0.3 is 0 Å². The van der Waals surface area contributed by atoms with Gasteiger partial charge in [0.2, 0.25) is 10.0 Å². The van der Waals surface area contributed by atoms with Gasteiger partial charge in [0.1, 0.15) is 5.65 Å². The van der Waals surface area contributed by atoms with Gasteiger partial charge < -0.3 is 4.74 Å². The monoisotopic (exact) mass is 331 g/mol. The van der Waals surface area contributed by atoms with Crippen molar-refractivity contribution in [3.8, 4) is 5.88 Å². The van der Waals surface area contributed by atoms with Crippen molar-refractivity contribution in [2.24, 2.45) is 0 Å². The zero-order chi connectivity index (χ0) is 16.1. The van der Waals surface area contributed by atoms with Crippen LogP contribution in [0.5, 0.6) is 5.88 Å². The predicted molar refractivity (Wildman–Crippen MR) is 86.9 cm³/mol. The third-order valence-electron chi connectivity index (χ3n) is 3.31. The van der Waals surface area contributed by atoms with Crippen molar-refractivity contribution in [3.05, 3.63) is 60.9 Å². The van der Waals surface area contributed by atoms with Crippen molar-refractivity contribution in [1.82, 2.24) is 14.1 Å². The number of rotatable bonds is 7. The molecule has 1 N–H and O–H groups in total. The molecule has 0 saturated carbocycles. The number of aromatic nitrogens is 2. The first-order valence-electron chi connectivity index (χ1n) is 7.26. The van der Waals surface area contributed by atoms with E-state index in [1.807, 2.05) is 28.8 Å². The van der Waals surface area contributed by atoms with Crippen LogP contribution in [0.4, 0.5) is 0 Å². The van der Waals surface area contributed by atoms with Gasteiger partial charge in [0.15, 0.2) is 5.88 Å². The van der Waals surface area contributed by atoms with Crippen LogP contribution in [0.25, 0.3) is 5.65 Å². The Morgan fingerprint density at radius 1 is 1.09 bits per heavy atom. The quantitative estimate of drug-likeness (QED) is 0.673. The first-order valence-corrected chi connectivity index (χ1v) is 8.75. The highest BCUT2D eigenvalue weighted by molar-refractivity contribution is 7.89. The van der Waals surface area contributed by atoms with E-state index >= 15 is 0 Å². The van der Waals surface area contributed by atoms with Crippen LogP contribution >= 0.6 is 0 Å². The van der Waals surface area contributed by atoms with Gasteiger partial charge in [-0.2, -0.15) is 0 Å². The summed E-state index contributed by atoms with van der Waals surface area (Å²) in [5, 5.41) is 0. The second-order valence-corrected chi connectivity index (χ2v) is 6.70. The van der Waals surface area contributed by atoms with Crippen molar-refractivity contribution < 1.29 is 13.2 Å². The van der Waals surface area contributed by atoms with Gasteiger partial charge in [0.05, 0.1) is 11.5 Å². The highest BCUT2D eigenvalue weighted by atomic mass is 32.2. The molecule has 0 bridgehead atoms. The minimum Gasteiger partial charge on any atom is -0.479 e. The molecular weight excluding hydrogens is 314 g/mol. The van der Waals surface area contributed by atoms with Gasteiger partial charge in [0, 0.05) is 18.9 Å². The lowest BCUT2D eigenvalue weighted by atomic mass is 10.4. The van der Waals surface area contributed by atoms with E-state index < -0.39 is 10.0 Å². The third kappa shape index (κ3) is 3.69. The summed E-state index contributed by atoms with van der Waals surface area (Å²) in [7, 11) is -3.45. The Morgan fingerprint density at radius 3 is 2.74 bits per heavy atom. The van der Waals surface area contributed by atoms with Crippen molar-refractivity contribution in [3.63, 3.8) is 0 Å². The number of pyridine rings is 1. The standard InChI is InChI=1S/C16H17N3O3S/c20-23(21,14-6-2-1-3-7-14)18-10-5-13-22-16-9-4-8-15-17-11-12-19(15)16/h1-4,6-9,11-12,18H,5,10,13H2. The lowest BCUT2D eigenvalue weighted by Gasteiger charge is -2.09. The van der Waals surface area contributed by atoms with Crippen LogP contribution in [0.1, 0.15) is 6.42 Å². The molecule has 23 heavy (non-hydrogen) atoms. The predicted octanol–water partition coefficient (Wildman–Crippen LogP) is 2.08. The van der Waals surface area contributed by atoms with Crippen LogP contribution in [0.3, 0.4) is 0 Å². The Hall–Kier alpha value is -2.38. The first-order chi connectivity index (χ1) is 11.2. The SMILES string of the molecule is O=S(=O)(NCCCOc1cccc2nccn12)c1ccccc1. The smallest absolute Gasteiger partial charge is 0.240 e. The fraction of sp³-hybridized carbons (Fsp3) is 0.188. The van der Waals surface area contributed by atoms with E-state index in [0.717, 1.165) is 5.65 Å². The van der Waals surface area contributed by atoms with Crippen molar-refractivity contribution in [1.29, 1.82) is 0 Å². The number of sulfonamides is 1. The summed E-state index contributed by atoms with van der Waals surface area (Å²) in [5.74, 6) is 0.686. The molecule has 0 saturated heterocycles. The molecule has 0 aliphatic rings. The summed E-state index contributed by atoms with van der Waals surface area (Å²) in [6.45, 7) is 0.728. The summed E-state index contributed by atoms with van der Waals surface area (Å²) in [5.41, 5.74) is 0.812. The maximum Gasteiger partial charge on any atom is 0.240 e. The lowest BCUT2D eigenvalue weighted by Crippen LogP contribution is -2.25. The third-order valence-corrected chi connectivity index (χ3v) is 4.78. The number of nitrogens with zero attached hydrogens (tertiary/aromatic N) is 2. The van der Waals surface area contributed by atoms with Crippen molar-refractivity contribution in [2.75, 3.05) is 13.2 Å². The summed E-state index contributed by atoms with van der Waals surface area (Å²) >= 11 is 0. The Bertz CT molecular complexity index is 876. The molecule has 0 unspecified atom stereocenters. The highest BCUT2D eigenvalue weighted by Crippen LogP contribution is 2.13. The zero-order valence-corrected chi connectivity index (χ0v) is 13.2. The second kappa shape index (κ2) is 6.80. The molecule has 0 spiro atoms. The van der Waals surface area contributed by atoms with E-state index in [9.17, 15) is 8.42 Å². The number of nitrogens with one attached hydrogen (secondary N) is 1. The molecule has 3 rings (SSSR count). The average molecular weight is 331 g/mol. The van der Waals surface area contributed by atoms with Crippen LogP contribution in [0.2, 0.25) is 0 Å². The largest absolute Gasteiger partial charge is 0.479 e. The van der Waals surface area contributed by atoms with E-state index in [-0.39, 0.29) is 4.90 Å². The van der Waals surface area contributed by atoms with Gasteiger partial charge in [-0.15, -0.1) is 0 Å². The average Bonchev–Trinajstić information content (AvgIpc) is 3.05. The van der Waals surface area contributed by atoms with E-state index in [1.165, 1.54) is 0 Å². The summed E-state index contributed by atoms with van der Waals surface area (Å²) in [6, 6.07) is 13.9. The fourth-order valence-corrected chi connectivity index (χ4v) is 3.27. The van der Waals surface area contributed by atoms with Gasteiger partial charge in [-0.05, 0) is 30.7 Å². The van der Waals surface area contributed by atoms with Gasteiger partial charge in [0.25, 0.3) is 0 Å². The zero-order valence-electron chi connectivity index (χ0n) is 12.4. The normalized spacial score (nSPS) is 11.7. The molecule has 0 aliphatic heterocycles. The molecule has 0 amide bonds.